The molecule has 2 rings (SSSR count). The van der Waals surface area contributed by atoms with Crippen LogP contribution in [-0.4, -0.2) is 140 Å². The van der Waals surface area contributed by atoms with Gasteiger partial charge in [0.15, 0.2) is 12.6 Å². The van der Waals surface area contributed by atoms with E-state index in [2.05, 4.69) is 104 Å². The Morgan fingerprint density at radius 3 is 1.45 bits per heavy atom. The van der Waals surface area contributed by atoms with E-state index in [1.165, 1.54) is 77.0 Å². The molecule has 0 bridgehead atoms. The second-order valence-corrected chi connectivity index (χ2v) is 19.7. The molecule has 2 aliphatic heterocycles. The van der Waals surface area contributed by atoms with Crippen molar-refractivity contribution in [2.24, 2.45) is 0 Å². The standard InChI is InChI=1S/C61H101NO13/c1-3-5-7-9-11-13-15-17-19-21-23-24-25-27-28-30-32-34-36-38-40-42-44-50(65)49(62-53(66)45-43-41-39-37-35-33-31-29-26-22-20-18-16-14-12-10-8-6-4-2)48-72-60-58(71)56(69)59(52(47-64)74-60)75-61-57(70)55(68)54(67)51(46-63)73-61/h6,8,12,14,18,20,26-29,33-36,39,41-42,44,49-52,54-61,63-65,67-71H,3-5,7,9-11,13,15-17,19,21-25,30-32,37-38,40,43,45-48H2,1-2H3,(H,62,66)/b8-6-,14-12-,20-18-,28-27+,29-26-,35-33-,36-34+,41-39-,44-42+. The predicted molar refractivity (Wildman–Crippen MR) is 299 cm³/mol. The van der Waals surface area contributed by atoms with E-state index in [0.717, 1.165) is 64.2 Å². The molecule has 0 aliphatic carbocycles. The third-order valence-electron chi connectivity index (χ3n) is 13.2. The summed E-state index contributed by atoms with van der Waals surface area (Å²) in [5, 5.41) is 86.9. The van der Waals surface area contributed by atoms with Crippen LogP contribution in [0, 0.1) is 0 Å². The molecule has 2 fully saturated rings. The van der Waals surface area contributed by atoms with Gasteiger partial charge in [-0.1, -0.05) is 194 Å². The fraction of sp³-hybridized carbons (Fsp3) is 0.689. The lowest BCUT2D eigenvalue weighted by Gasteiger charge is -2.46. The summed E-state index contributed by atoms with van der Waals surface area (Å²) in [6, 6.07) is -0.986. The summed E-state index contributed by atoms with van der Waals surface area (Å²) >= 11 is 0. The van der Waals surface area contributed by atoms with Gasteiger partial charge in [-0.3, -0.25) is 4.79 Å². The molecule has 0 aromatic carbocycles. The molecule has 12 unspecified atom stereocenters. The van der Waals surface area contributed by atoms with Crippen LogP contribution in [0.25, 0.3) is 0 Å². The first-order valence-corrected chi connectivity index (χ1v) is 28.6. The lowest BCUT2D eigenvalue weighted by molar-refractivity contribution is -0.359. The number of nitrogens with one attached hydrogen (secondary N) is 1. The first-order valence-electron chi connectivity index (χ1n) is 28.6. The minimum absolute atomic E-state index is 0.138. The van der Waals surface area contributed by atoms with E-state index in [1.807, 2.05) is 18.2 Å². The van der Waals surface area contributed by atoms with Crippen molar-refractivity contribution in [3.05, 3.63) is 109 Å². The maximum Gasteiger partial charge on any atom is 0.220 e. The van der Waals surface area contributed by atoms with Gasteiger partial charge in [0.1, 0.15) is 48.8 Å². The highest BCUT2D eigenvalue weighted by atomic mass is 16.7. The number of allylic oxidation sites excluding steroid dienone is 17. The van der Waals surface area contributed by atoms with E-state index in [0.29, 0.717) is 12.8 Å². The number of hydrogen-bond donors (Lipinski definition) is 9. The Kier molecular flexibility index (Phi) is 41.2. The molecule has 14 heteroatoms. The molecular formula is C61H101NO13. The molecular weight excluding hydrogens is 955 g/mol. The zero-order chi connectivity index (χ0) is 54.6. The van der Waals surface area contributed by atoms with Crippen molar-refractivity contribution in [1.82, 2.24) is 5.32 Å². The normalized spacial score (nSPS) is 25.9. The molecule has 9 N–H and O–H groups in total. The summed E-state index contributed by atoms with van der Waals surface area (Å²) < 4.78 is 22.7. The Labute approximate surface area is 451 Å². The number of hydrogen-bond acceptors (Lipinski definition) is 13. The first kappa shape index (κ1) is 67.8. The molecule has 14 nitrogen and oxygen atoms in total. The number of ether oxygens (including phenoxy) is 4. The minimum Gasteiger partial charge on any atom is -0.394 e. The van der Waals surface area contributed by atoms with Gasteiger partial charge in [-0.15, -0.1) is 0 Å². The van der Waals surface area contributed by atoms with E-state index in [-0.39, 0.29) is 18.9 Å². The Balaban J connectivity index is 1.86. The van der Waals surface area contributed by atoms with E-state index < -0.39 is 86.8 Å². The second-order valence-electron chi connectivity index (χ2n) is 19.7. The van der Waals surface area contributed by atoms with E-state index >= 15 is 0 Å². The van der Waals surface area contributed by atoms with Gasteiger partial charge in [-0.05, 0) is 83.5 Å². The van der Waals surface area contributed by atoms with Crippen LogP contribution >= 0.6 is 0 Å². The Morgan fingerprint density at radius 2 is 0.933 bits per heavy atom. The summed E-state index contributed by atoms with van der Waals surface area (Å²) in [4.78, 5) is 13.2. The van der Waals surface area contributed by atoms with Crippen molar-refractivity contribution in [1.29, 1.82) is 0 Å². The zero-order valence-electron chi connectivity index (χ0n) is 45.7. The fourth-order valence-corrected chi connectivity index (χ4v) is 8.58. The third-order valence-corrected chi connectivity index (χ3v) is 13.2. The maximum atomic E-state index is 13.2. The number of carbonyl (C=O) groups excluding carboxylic acids is 1. The molecule has 12 atom stereocenters. The van der Waals surface area contributed by atoms with Crippen LogP contribution < -0.4 is 5.32 Å². The van der Waals surface area contributed by atoms with Crippen molar-refractivity contribution >= 4 is 5.91 Å². The second kappa shape index (κ2) is 45.6. The Hall–Kier alpha value is -3.35. The fourth-order valence-electron chi connectivity index (χ4n) is 8.58. The number of rotatable bonds is 43. The molecule has 0 aromatic rings. The molecule has 2 saturated heterocycles. The number of carbonyl (C=O) groups is 1. The van der Waals surface area contributed by atoms with Crippen molar-refractivity contribution in [2.75, 3.05) is 19.8 Å². The lowest BCUT2D eigenvalue weighted by atomic mass is 9.97. The van der Waals surface area contributed by atoms with E-state index in [9.17, 15) is 45.6 Å². The van der Waals surface area contributed by atoms with Gasteiger partial charge in [0.25, 0.3) is 0 Å². The molecule has 0 aromatic heterocycles. The molecule has 2 heterocycles. The van der Waals surface area contributed by atoms with Crippen LogP contribution in [0.3, 0.4) is 0 Å². The molecule has 1 amide bonds. The van der Waals surface area contributed by atoms with Crippen molar-refractivity contribution in [2.45, 2.75) is 248 Å². The molecule has 75 heavy (non-hydrogen) atoms. The van der Waals surface area contributed by atoms with Gasteiger partial charge in [0.05, 0.1) is 32.0 Å². The minimum atomic E-state index is -1.80. The monoisotopic (exact) mass is 1060 g/mol. The molecule has 0 spiro atoms. The van der Waals surface area contributed by atoms with Crippen LogP contribution in [0.4, 0.5) is 0 Å². The van der Waals surface area contributed by atoms with Crippen molar-refractivity contribution in [3.63, 3.8) is 0 Å². The van der Waals surface area contributed by atoms with Gasteiger partial charge in [-0.2, -0.15) is 0 Å². The van der Waals surface area contributed by atoms with Crippen molar-refractivity contribution in [3.8, 4) is 0 Å². The third kappa shape index (κ3) is 31.6. The van der Waals surface area contributed by atoms with Crippen LogP contribution in [0.1, 0.15) is 174 Å². The molecule has 0 radical (unpaired) electrons. The average molecular weight is 1060 g/mol. The number of aliphatic hydroxyl groups excluding tert-OH is 8. The highest BCUT2D eigenvalue weighted by molar-refractivity contribution is 5.76. The lowest BCUT2D eigenvalue weighted by Crippen LogP contribution is -2.65. The van der Waals surface area contributed by atoms with Crippen LogP contribution in [0.15, 0.2) is 109 Å². The van der Waals surface area contributed by atoms with Gasteiger partial charge >= 0.3 is 0 Å². The predicted octanol–water partition coefficient (Wildman–Crippen LogP) is 9.27. The van der Waals surface area contributed by atoms with Gasteiger partial charge in [-0.25, -0.2) is 0 Å². The number of unbranched alkanes of at least 4 members (excludes halogenated alkanes) is 14. The van der Waals surface area contributed by atoms with Crippen molar-refractivity contribution < 1.29 is 64.6 Å². The quantitative estimate of drug-likeness (QED) is 0.0205. The first-order chi connectivity index (χ1) is 36.6. The van der Waals surface area contributed by atoms with E-state index in [4.69, 9.17) is 18.9 Å². The van der Waals surface area contributed by atoms with Crippen LogP contribution in [0.5, 0.6) is 0 Å². The summed E-state index contributed by atoms with van der Waals surface area (Å²) in [7, 11) is 0. The zero-order valence-corrected chi connectivity index (χ0v) is 45.7. The smallest absolute Gasteiger partial charge is 0.220 e. The largest absolute Gasteiger partial charge is 0.394 e. The highest BCUT2D eigenvalue weighted by Gasteiger charge is 2.51. The van der Waals surface area contributed by atoms with Crippen LogP contribution in [0.2, 0.25) is 0 Å². The summed E-state index contributed by atoms with van der Waals surface area (Å²) in [6.07, 6.45) is 47.1. The SMILES string of the molecule is CC/C=C\C/C=C\C/C=C\C/C=C\C/C=C\C/C=C\CCC(=O)NC(COC1OC(CO)C(OC2OC(CO)C(O)C(O)C2O)C(O)C1O)C(O)/C=C/CC/C=C/CC/C=C/CCCCCCCCCCCCCC. The molecule has 2 aliphatic rings. The van der Waals surface area contributed by atoms with Gasteiger partial charge in [0, 0.05) is 6.42 Å². The maximum absolute atomic E-state index is 13.2. The summed E-state index contributed by atoms with van der Waals surface area (Å²) in [6.45, 7) is 2.59. The summed E-state index contributed by atoms with van der Waals surface area (Å²) in [5.41, 5.74) is 0. The Bertz CT molecular complexity index is 1670. The average Bonchev–Trinajstić information content (AvgIpc) is 3.41. The van der Waals surface area contributed by atoms with Gasteiger partial charge < -0.3 is 65.1 Å². The summed E-state index contributed by atoms with van der Waals surface area (Å²) in [5.74, 6) is -0.340. The van der Waals surface area contributed by atoms with E-state index in [1.54, 1.807) is 6.08 Å². The van der Waals surface area contributed by atoms with Crippen LogP contribution in [-0.2, 0) is 23.7 Å². The topological polar surface area (TPSA) is 228 Å². The number of aliphatic hydroxyl groups is 8. The highest BCUT2D eigenvalue weighted by Crippen LogP contribution is 2.30. The Morgan fingerprint density at radius 1 is 0.493 bits per heavy atom. The van der Waals surface area contributed by atoms with Gasteiger partial charge in [0.2, 0.25) is 5.91 Å². The molecule has 428 valence electrons. The number of amides is 1. The molecule has 0 saturated carbocycles.